The van der Waals surface area contributed by atoms with Crippen LogP contribution >= 0.6 is 0 Å². The summed E-state index contributed by atoms with van der Waals surface area (Å²) >= 11 is 0. The number of hydrogen-bond donors (Lipinski definition) is 1. The minimum Gasteiger partial charge on any atom is -0.421 e. The van der Waals surface area contributed by atoms with E-state index < -0.39 is 0 Å². The summed E-state index contributed by atoms with van der Waals surface area (Å²) in [5.74, 6) is 1.54. The molecule has 0 atom stereocenters. The fourth-order valence-corrected chi connectivity index (χ4v) is 4.13. The topological polar surface area (TPSA) is 59.4 Å². The first-order chi connectivity index (χ1) is 15.1. The van der Waals surface area contributed by atoms with Crippen molar-refractivity contribution in [3.63, 3.8) is 0 Å². The first-order valence-electron chi connectivity index (χ1n) is 10.8. The third-order valence-corrected chi connectivity index (χ3v) is 5.94. The quantitative estimate of drug-likeness (QED) is 0.653. The van der Waals surface area contributed by atoms with Crippen LogP contribution in [0.25, 0.3) is 6.08 Å². The molecular formula is C25H25FN4O. The summed E-state index contributed by atoms with van der Waals surface area (Å²) in [6.07, 6.45) is 12.1. The second-order valence-corrected chi connectivity index (χ2v) is 8.35. The lowest BCUT2D eigenvalue weighted by Gasteiger charge is -2.25. The first-order valence-corrected chi connectivity index (χ1v) is 10.8. The molecule has 2 aliphatic carbocycles. The molecule has 3 aliphatic rings. The van der Waals surface area contributed by atoms with Crippen LogP contribution in [0.4, 0.5) is 10.2 Å². The highest BCUT2D eigenvalue weighted by atomic mass is 19.1. The van der Waals surface area contributed by atoms with Gasteiger partial charge in [0.1, 0.15) is 11.7 Å². The van der Waals surface area contributed by atoms with Gasteiger partial charge in [-0.15, -0.1) is 0 Å². The Bertz CT molecular complexity index is 1160. The number of anilines is 1. The van der Waals surface area contributed by atoms with E-state index in [1.807, 2.05) is 50.3 Å². The van der Waals surface area contributed by atoms with Crippen molar-refractivity contribution >= 4 is 17.7 Å². The molecule has 2 aromatic rings. The number of ether oxygens (including phenoxy) is 1. The molecule has 0 spiro atoms. The van der Waals surface area contributed by atoms with Crippen molar-refractivity contribution in [2.24, 2.45) is 4.99 Å². The van der Waals surface area contributed by atoms with Gasteiger partial charge in [-0.25, -0.2) is 4.39 Å². The predicted octanol–water partition coefficient (Wildman–Crippen LogP) is 5.96. The summed E-state index contributed by atoms with van der Waals surface area (Å²) in [6.45, 7) is 4.63. The number of hydrogen-bond acceptors (Lipinski definition) is 5. The number of rotatable bonds is 5. The molecule has 158 valence electrons. The van der Waals surface area contributed by atoms with E-state index in [9.17, 15) is 0 Å². The second kappa shape index (κ2) is 8.10. The fraction of sp³-hybridized carbons (Fsp3) is 0.320. The van der Waals surface area contributed by atoms with E-state index in [0.717, 1.165) is 47.5 Å². The van der Waals surface area contributed by atoms with E-state index in [2.05, 4.69) is 20.3 Å². The number of benzene rings is 1. The molecule has 5 rings (SSSR count). The van der Waals surface area contributed by atoms with Gasteiger partial charge in [-0.05, 0) is 56.4 Å². The summed E-state index contributed by atoms with van der Waals surface area (Å²) in [7, 11) is 0. The van der Waals surface area contributed by atoms with Crippen LogP contribution in [0.1, 0.15) is 55.8 Å². The van der Waals surface area contributed by atoms with Crippen LogP contribution in [0.3, 0.4) is 0 Å². The van der Waals surface area contributed by atoms with Crippen molar-refractivity contribution in [1.29, 1.82) is 0 Å². The lowest BCUT2D eigenvalue weighted by Crippen LogP contribution is -2.14. The average Bonchev–Trinajstić information content (AvgIpc) is 3.29. The molecule has 6 heteroatoms. The van der Waals surface area contributed by atoms with Crippen molar-refractivity contribution in [2.75, 3.05) is 11.9 Å². The zero-order chi connectivity index (χ0) is 21.4. The average molecular weight is 417 g/mol. The zero-order valence-corrected chi connectivity index (χ0v) is 17.8. The largest absolute Gasteiger partial charge is 0.421 e. The van der Waals surface area contributed by atoms with Gasteiger partial charge in [0.2, 0.25) is 0 Å². The van der Waals surface area contributed by atoms with Crippen LogP contribution in [0, 0.1) is 5.82 Å². The maximum absolute atomic E-state index is 15.0. The Labute approximate surface area is 181 Å². The van der Waals surface area contributed by atoms with Gasteiger partial charge >= 0.3 is 6.01 Å². The molecule has 0 bridgehead atoms. The van der Waals surface area contributed by atoms with E-state index >= 15 is 4.39 Å². The van der Waals surface area contributed by atoms with E-state index in [-0.39, 0.29) is 17.6 Å². The van der Waals surface area contributed by atoms with Gasteiger partial charge in [0.25, 0.3) is 0 Å². The number of aromatic nitrogens is 2. The molecule has 0 saturated heterocycles. The van der Waals surface area contributed by atoms with Crippen molar-refractivity contribution in [1.82, 2.24) is 9.97 Å². The number of nitrogens with one attached hydrogen (secondary N) is 1. The van der Waals surface area contributed by atoms with Crippen molar-refractivity contribution in [2.45, 2.75) is 45.4 Å². The zero-order valence-electron chi connectivity index (χ0n) is 17.8. The molecule has 1 saturated carbocycles. The van der Waals surface area contributed by atoms with E-state index in [1.165, 1.54) is 6.42 Å². The molecule has 5 nitrogen and oxygen atoms in total. The summed E-state index contributed by atoms with van der Waals surface area (Å²) in [4.78, 5) is 13.6. The number of amidine groups is 1. The lowest BCUT2D eigenvalue weighted by atomic mass is 9.83. The Morgan fingerprint density at radius 3 is 2.84 bits per heavy atom. The van der Waals surface area contributed by atoms with E-state index in [0.29, 0.717) is 23.8 Å². The second-order valence-electron chi connectivity index (χ2n) is 8.35. The summed E-state index contributed by atoms with van der Waals surface area (Å²) in [5, 5.41) is 3.27. The molecule has 2 heterocycles. The van der Waals surface area contributed by atoms with Crippen molar-refractivity contribution < 1.29 is 9.13 Å². The number of fused-ring (bicyclic) bond motifs is 1. The molecule has 1 fully saturated rings. The summed E-state index contributed by atoms with van der Waals surface area (Å²) < 4.78 is 20.9. The maximum Gasteiger partial charge on any atom is 0.324 e. The van der Waals surface area contributed by atoms with E-state index in [1.54, 1.807) is 6.07 Å². The normalized spacial score (nSPS) is 17.8. The van der Waals surface area contributed by atoms with Crippen LogP contribution in [-0.2, 0) is 6.42 Å². The number of nitrogens with zero attached hydrogens (tertiary/aromatic N) is 3. The predicted molar refractivity (Wildman–Crippen MR) is 121 cm³/mol. The Balaban J connectivity index is 1.44. The summed E-state index contributed by atoms with van der Waals surface area (Å²) in [5.41, 5.74) is 4.79. The maximum atomic E-state index is 15.0. The highest BCUT2D eigenvalue weighted by Crippen LogP contribution is 2.38. The molecule has 31 heavy (non-hydrogen) atoms. The highest BCUT2D eigenvalue weighted by Gasteiger charge is 2.24. The Hall–Kier alpha value is -3.28. The SMILES string of the molecule is C/C=C/C1=CC(Nc2cc(C3CCC3)nc(Oc3ccc4c(c3F)C=C(C)C4)n2)=NC1. The van der Waals surface area contributed by atoms with Gasteiger partial charge in [0.05, 0.1) is 12.2 Å². The third-order valence-electron chi connectivity index (χ3n) is 5.94. The van der Waals surface area contributed by atoms with Crippen LogP contribution in [0.15, 0.2) is 52.6 Å². The molecule has 0 radical (unpaired) electrons. The fourth-order valence-electron chi connectivity index (χ4n) is 4.13. The molecular weight excluding hydrogens is 391 g/mol. The number of allylic oxidation sites excluding steroid dienone is 2. The molecule has 1 N–H and O–H groups in total. The molecule has 0 unspecified atom stereocenters. The van der Waals surface area contributed by atoms with Crippen LogP contribution in [-0.4, -0.2) is 22.3 Å². The smallest absolute Gasteiger partial charge is 0.324 e. The van der Waals surface area contributed by atoms with Gasteiger partial charge in [-0.1, -0.05) is 36.3 Å². The third kappa shape index (κ3) is 4.02. The Kier molecular flexibility index (Phi) is 5.14. The van der Waals surface area contributed by atoms with Crippen molar-refractivity contribution in [3.8, 4) is 11.8 Å². The monoisotopic (exact) mass is 416 g/mol. The van der Waals surface area contributed by atoms with Gasteiger partial charge in [0, 0.05) is 17.5 Å². The number of halogens is 1. The van der Waals surface area contributed by atoms with Crippen LogP contribution in [0.2, 0.25) is 0 Å². The van der Waals surface area contributed by atoms with Crippen LogP contribution < -0.4 is 10.1 Å². The highest BCUT2D eigenvalue weighted by molar-refractivity contribution is 6.05. The molecule has 1 aromatic carbocycles. The van der Waals surface area contributed by atoms with Gasteiger partial charge in [-0.2, -0.15) is 9.97 Å². The molecule has 1 aliphatic heterocycles. The van der Waals surface area contributed by atoms with Crippen molar-refractivity contribution in [3.05, 3.63) is 70.2 Å². The van der Waals surface area contributed by atoms with Gasteiger partial charge < -0.3 is 10.1 Å². The first kappa shape index (κ1) is 19.7. The minimum atomic E-state index is -0.361. The number of aliphatic imine (C=N–C) groups is 1. The lowest BCUT2D eigenvalue weighted by molar-refractivity contribution is 0.386. The molecule has 1 aromatic heterocycles. The van der Waals surface area contributed by atoms with Crippen LogP contribution in [0.5, 0.6) is 11.8 Å². The molecule has 0 amide bonds. The Morgan fingerprint density at radius 1 is 1.19 bits per heavy atom. The standard InChI is InChI=1S/C25H25FN4O/c1-3-5-16-12-22(27-14-16)29-23-13-20(17-6-4-7-17)28-25(30-23)31-21-9-8-18-10-15(2)11-19(18)24(21)26/h3,5,8-9,11-13,17H,4,6-7,10,14H2,1-2H3,(H,27,28,29,30)/b5-3+. The van der Waals surface area contributed by atoms with E-state index in [4.69, 9.17) is 4.74 Å². The Morgan fingerprint density at radius 2 is 2.06 bits per heavy atom. The summed E-state index contributed by atoms with van der Waals surface area (Å²) in [6, 6.07) is 5.68. The van der Waals surface area contributed by atoms with Gasteiger partial charge in [-0.3, -0.25) is 4.99 Å². The van der Waals surface area contributed by atoms with Gasteiger partial charge in [0.15, 0.2) is 11.6 Å². The minimum absolute atomic E-state index is 0.148.